The Labute approximate surface area is 198 Å². The van der Waals surface area contributed by atoms with Gasteiger partial charge in [0.1, 0.15) is 12.3 Å². The molecule has 0 saturated carbocycles. The predicted molar refractivity (Wildman–Crippen MR) is 130 cm³/mol. The number of guanidine groups is 1. The molecule has 0 atom stereocenters. The van der Waals surface area contributed by atoms with Crippen molar-refractivity contribution >= 4 is 41.5 Å². The molecule has 3 rings (SSSR count). The average molecular weight is 542 g/mol. The highest BCUT2D eigenvalue weighted by molar-refractivity contribution is 14.0. The van der Waals surface area contributed by atoms with E-state index < -0.39 is 0 Å². The number of benzene rings is 2. The summed E-state index contributed by atoms with van der Waals surface area (Å²) < 4.78 is 10.7. The first-order chi connectivity index (χ1) is 14.2. The van der Waals surface area contributed by atoms with Gasteiger partial charge >= 0.3 is 0 Å². The van der Waals surface area contributed by atoms with Crippen molar-refractivity contribution < 1.29 is 9.26 Å². The molecule has 0 aliphatic rings. The molecule has 3 aromatic rings. The zero-order chi connectivity index (χ0) is 20.5. The summed E-state index contributed by atoms with van der Waals surface area (Å²) in [5, 5.41) is 11.2. The highest BCUT2D eigenvalue weighted by Crippen LogP contribution is 2.20. The number of hydrogen-bond donors (Lipinski definition) is 2. The number of para-hydroxylation sites is 1. The topological polar surface area (TPSA) is 84.6 Å². The molecule has 0 bridgehead atoms. The number of halogens is 2. The Morgan fingerprint density at radius 1 is 1.17 bits per heavy atom. The van der Waals surface area contributed by atoms with Crippen molar-refractivity contribution in [1.82, 2.24) is 20.8 Å². The molecule has 0 saturated heterocycles. The number of aliphatic imine (C=N–C) groups is 1. The van der Waals surface area contributed by atoms with Crippen molar-refractivity contribution in [2.45, 2.75) is 19.9 Å². The first-order valence-electron chi connectivity index (χ1n) is 9.42. The molecule has 7 nitrogen and oxygen atoms in total. The molecule has 0 unspecified atom stereocenters. The predicted octanol–water partition coefficient (Wildman–Crippen LogP) is 4.31. The van der Waals surface area contributed by atoms with Crippen LogP contribution in [0.3, 0.4) is 0 Å². The van der Waals surface area contributed by atoms with E-state index in [1.807, 2.05) is 37.3 Å². The molecule has 1 aromatic heterocycles. The number of nitrogens with one attached hydrogen (secondary N) is 2. The number of ether oxygens (including phenoxy) is 1. The Morgan fingerprint density at radius 3 is 2.77 bits per heavy atom. The molecular formula is C21H25ClIN5O2. The maximum Gasteiger partial charge on any atom is 0.248 e. The third-order valence-electron chi connectivity index (χ3n) is 4.15. The molecule has 1 heterocycles. The molecule has 0 radical (unpaired) electrons. The van der Waals surface area contributed by atoms with Gasteiger partial charge in [0.15, 0.2) is 5.96 Å². The third-order valence-corrected chi connectivity index (χ3v) is 4.38. The van der Waals surface area contributed by atoms with Gasteiger partial charge in [0, 0.05) is 23.7 Å². The fourth-order valence-corrected chi connectivity index (χ4v) is 2.97. The van der Waals surface area contributed by atoms with Crippen LogP contribution in [0.1, 0.15) is 18.4 Å². The maximum atomic E-state index is 6.02. The van der Waals surface area contributed by atoms with Gasteiger partial charge in [0.05, 0.1) is 7.11 Å². The number of hydrogen-bond acceptors (Lipinski definition) is 5. The van der Waals surface area contributed by atoms with Crippen LogP contribution in [0.2, 0.25) is 5.02 Å². The summed E-state index contributed by atoms with van der Waals surface area (Å²) in [6, 6.07) is 15.3. The fourth-order valence-electron chi connectivity index (χ4n) is 2.78. The molecular weight excluding hydrogens is 517 g/mol. The van der Waals surface area contributed by atoms with Crippen LogP contribution in [-0.2, 0) is 13.0 Å². The van der Waals surface area contributed by atoms with Crippen LogP contribution < -0.4 is 15.4 Å². The maximum absolute atomic E-state index is 6.02. The second-order valence-corrected chi connectivity index (χ2v) is 6.64. The van der Waals surface area contributed by atoms with Crippen LogP contribution >= 0.6 is 35.6 Å². The summed E-state index contributed by atoms with van der Waals surface area (Å²) in [6.45, 7) is 3.75. The van der Waals surface area contributed by atoms with Crippen molar-refractivity contribution in [2.75, 3.05) is 20.2 Å². The zero-order valence-corrected chi connectivity index (χ0v) is 20.0. The van der Waals surface area contributed by atoms with Gasteiger partial charge < -0.3 is 19.9 Å². The minimum absolute atomic E-state index is 0. The first-order valence-corrected chi connectivity index (χ1v) is 9.80. The van der Waals surface area contributed by atoms with Crippen LogP contribution in [0.25, 0.3) is 11.4 Å². The van der Waals surface area contributed by atoms with Gasteiger partial charge in [0.25, 0.3) is 0 Å². The molecule has 0 aliphatic carbocycles. The summed E-state index contributed by atoms with van der Waals surface area (Å²) in [7, 11) is 1.68. The zero-order valence-electron chi connectivity index (χ0n) is 16.9. The lowest BCUT2D eigenvalue weighted by atomic mass is 10.1. The lowest BCUT2D eigenvalue weighted by Gasteiger charge is -2.12. The number of rotatable bonds is 8. The number of methoxy groups -OCH3 is 1. The van der Waals surface area contributed by atoms with Crippen LogP contribution in [0.15, 0.2) is 58.0 Å². The summed E-state index contributed by atoms with van der Waals surface area (Å²) >= 11 is 6.02. The van der Waals surface area contributed by atoms with E-state index in [2.05, 4.69) is 31.8 Å². The molecule has 9 heteroatoms. The van der Waals surface area contributed by atoms with E-state index in [1.165, 1.54) is 0 Å². The second-order valence-electron chi connectivity index (χ2n) is 6.21. The average Bonchev–Trinajstić information content (AvgIpc) is 3.21. The number of aromatic nitrogens is 2. The number of nitrogens with zero attached hydrogens (tertiary/aromatic N) is 3. The lowest BCUT2D eigenvalue weighted by molar-refractivity contribution is 0.380. The molecule has 0 fully saturated rings. The first kappa shape index (κ1) is 23.9. The lowest BCUT2D eigenvalue weighted by Crippen LogP contribution is -2.38. The van der Waals surface area contributed by atoms with E-state index in [1.54, 1.807) is 19.2 Å². The van der Waals surface area contributed by atoms with Crippen LogP contribution in [0.4, 0.5) is 0 Å². The molecule has 0 spiro atoms. The highest BCUT2D eigenvalue weighted by Gasteiger charge is 2.09. The third kappa shape index (κ3) is 6.88. The summed E-state index contributed by atoms with van der Waals surface area (Å²) in [5.41, 5.74) is 1.94. The van der Waals surface area contributed by atoms with Gasteiger partial charge in [-0.2, -0.15) is 4.98 Å². The van der Waals surface area contributed by atoms with Crippen molar-refractivity contribution in [2.24, 2.45) is 4.99 Å². The molecule has 2 aromatic carbocycles. The van der Waals surface area contributed by atoms with Gasteiger partial charge in [0.2, 0.25) is 11.7 Å². The van der Waals surface area contributed by atoms with Gasteiger partial charge in [-0.05, 0) is 37.1 Å². The van der Waals surface area contributed by atoms with E-state index in [9.17, 15) is 0 Å². The minimum Gasteiger partial charge on any atom is -0.496 e. The van der Waals surface area contributed by atoms with Crippen LogP contribution in [0.5, 0.6) is 5.75 Å². The van der Waals surface area contributed by atoms with Gasteiger partial charge in [-0.25, -0.2) is 4.99 Å². The minimum atomic E-state index is 0. The van der Waals surface area contributed by atoms with E-state index in [4.69, 9.17) is 20.9 Å². The van der Waals surface area contributed by atoms with Gasteiger partial charge in [-0.15, -0.1) is 24.0 Å². The summed E-state index contributed by atoms with van der Waals surface area (Å²) in [5.74, 6) is 2.49. The van der Waals surface area contributed by atoms with E-state index >= 15 is 0 Å². The van der Waals surface area contributed by atoms with E-state index in [0.29, 0.717) is 29.2 Å². The quantitative estimate of drug-likeness (QED) is 0.251. The van der Waals surface area contributed by atoms with Gasteiger partial charge in [-0.3, -0.25) is 0 Å². The monoisotopic (exact) mass is 541 g/mol. The Morgan fingerprint density at radius 2 is 2.00 bits per heavy atom. The molecule has 0 amide bonds. The van der Waals surface area contributed by atoms with Crippen molar-refractivity contribution in [3.8, 4) is 17.1 Å². The standard InChI is InChI=1S/C21H24ClN5O2.HI/c1-3-23-21(24-12-11-15-7-4-5-10-18(15)28-2)25-14-19-26-20(27-29-19)16-8-6-9-17(22)13-16;/h4-10,13H,3,11-12,14H2,1-2H3,(H2,23,24,25);1H. The molecule has 2 N–H and O–H groups in total. The molecule has 160 valence electrons. The van der Waals surface area contributed by atoms with Gasteiger partial charge in [-0.1, -0.05) is 47.1 Å². The largest absolute Gasteiger partial charge is 0.496 e. The SMILES string of the molecule is CCNC(=NCc1nc(-c2cccc(Cl)c2)no1)NCCc1ccccc1OC.I. The Bertz CT molecular complexity index is 964. The summed E-state index contributed by atoms with van der Waals surface area (Å²) in [4.78, 5) is 8.91. The highest BCUT2D eigenvalue weighted by atomic mass is 127. The van der Waals surface area contributed by atoms with Crippen LogP contribution in [-0.4, -0.2) is 36.3 Å². The van der Waals surface area contributed by atoms with Crippen LogP contribution in [0, 0.1) is 0 Å². The summed E-state index contributed by atoms with van der Waals surface area (Å²) in [6.07, 6.45) is 0.813. The van der Waals surface area contributed by atoms with Crippen molar-refractivity contribution in [1.29, 1.82) is 0 Å². The second kappa shape index (κ2) is 12.4. The van der Waals surface area contributed by atoms with E-state index in [0.717, 1.165) is 29.8 Å². The Kier molecular flexibility index (Phi) is 9.88. The van der Waals surface area contributed by atoms with E-state index in [-0.39, 0.29) is 30.5 Å². The Balaban J connectivity index is 0.00000320. The van der Waals surface area contributed by atoms with Crippen molar-refractivity contribution in [3.05, 3.63) is 65.0 Å². The fraction of sp³-hybridized carbons (Fsp3) is 0.286. The Hall–Kier alpha value is -2.33. The smallest absolute Gasteiger partial charge is 0.248 e. The van der Waals surface area contributed by atoms with Crippen molar-refractivity contribution in [3.63, 3.8) is 0 Å². The molecule has 0 aliphatic heterocycles. The normalized spacial score (nSPS) is 11.0. The molecule has 30 heavy (non-hydrogen) atoms.